The van der Waals surface area contributed by atoms with Crippen LogP contribution in [0.2, 0.25) is 0 Å². The fraction of sp³-hybridized carbons (Fsp3) is 0.467. The van der Waals surface area contributed by atoms with Gasteiger partial charge in [-0.25, -0.2) is 8.42 Å². The monoisotopic (exact) mass is 293 g/mol. The van der Waals surface area contributed by atoms with Crippen LogP contribution in [0.3, 0.4) is 0 Å². The van der Waals surface area contributed by atoms with Crippen LogP contribution in [-0.2, 0) is 10.0 Å². The van der Waals surface area contributed by atoms with Gasteiger partial charge in [-0.15, -0.1) is 0 Å². The molecule has 1 aromatic rings. The SMILES string of the molecule is Cc1ccc(S(=O)(=O)N2C=C3C[C@H](O)C[C@@H]3CC2)cc1. The maximum absolute atomic E-state index is 12.6. The Balaban J connectivity index is 1.91. The zero-order valence-electron chi connectivity index (χ0n) is 11.5. The maximum Gasteiger partial charge on any atom is 0.263 e. The van der Waals surface area contributed by atoms with E-state index in [2.05, 4.69) is 0 Å². The molecule has 1 aromatic carbocycles. The summed E-state index contributed by atoms with van der Waals surface area (Å²) in [5.74, 6) is 0.356. The van der Waals surface area contributed by atoms with Crippen LogP contribution in [0.1, 0.15) is 24.8 Å². The smallest absolute Gasteiger partial charge is 0.263 e. The van der Waals surface area contributed by atoms with E-state index in [4.69, 9.17) is 0 Å². The Bertz CT molecular complexity index is 634. The molecule has 0 spiro atoms. The number of fused-ring (bicyclic) bond motifs is 1. The Morgan fingerprint density at radius 1 is 1.25 bits per heavy atom. The number of aliphatic hydroxyl groups excluding tert-OH is 1. The average Bonchev–Trinajstić information content (AvgIpc) is 2.78. The topological polar surface area (TPSA) is 57.6 Å². The largest absolute Gasteiger partial charge is 0.393 e. The van der Waals surface area contributed by atoms with Crippen molar-refractivity contribution in [2.75, 3.05) is 6.54 Å². The van der Waals surface area contributed by atoms with Crippen LogP contribution in [0, 0.1) is 12.8 Å². The van der Waals surface area contributed by atoms with Gasteiger partial charge in [0, 0.05) is 12.7 Å². The van der Waals surface area contributed by atoms with Crippen molar-refractivity contribution in [3.05, 3.63) is 41.6 Å². The summed E-state index contributed by atoms with van der Waals surface area (Å²) < 4.78 is 26.6. The standard InChI is InChI=1S/C15H19NO3S/c1-11-2-4-15(5-3-11)20(18,19)16-7-6-12-8-14(17)9-13(12)10-16/h2-5,10,12,14,17H,6-9H2,1H3/t12-,14+/m0/s1. The Morgan fingerprint density at radius 2 is 1.95 bits per heavy atom. The number of aliphatic hydroxyl groups is 1. The molecule has 108 valence electrons. The van der Waals surface area contributed by atoms with Gasteiger partial charge in [-0.3, -0.25) is 4.31 Å². The number of hydrogen-bond acceptors (Lipinski definition) is 3. The molecule has 0 radical (unpaired) electrons. The first-order valence-corrected chi connectivity index (χ1v) is 8.38. The van der Waals surface area contributed by atoms with Crippen molar-refractivity contribution in [1.29, 1.82) is 0 Å². The molecule has 0 unspecified atom stereocenters. The van der Waals surface area contributed by atoms with Gasteiger partial charge in [-0.1, -0.05) is 17.7 Å². The van der Waals surface area contributed by atoms with Crippen molar-refractivity contribution in [2.24, 2.45) is 5.92 Å². The van der Waals surface area contributed by atoms with Gasteiger partial charge < -0.3 is 5.11 Å². The first-order valence-electron chi connectivity index (χ1n) is 6.94. The van der Waals surface area contributed by atoms with Gasteiger partial charge >= 0.3 is 0 Å². The zero-order chi connectivity index (χ0) is 14.3. The number of hydrogen-bond donors (Lipinski definition) is 1. The van der Waals surface area contributed by atoms with Crippen LogP contribution in [0.25, 0.3) is 0 Å². The quantitative estimate of drug-likeness (QED) is 0.908. The lowest BCUT2D eigenvalue weighted by Crippen LogP contribution is -2.31. The van der Waals surface area contributed by atoms with E-state index < -0.39 is 10.0 Å². The van der Waals surface area contributed by atoms with Gasteiger partial charge in [0.05, 0.1) is 11.0 Å². The van der Waals surface area contributed by atoms with E-state index in [9.17, 15) is 13.5 Å². The molecule has 4 nitrogen and oxygen atoms in total. The molecule has 1 saturated carbocycles. The molecule has 1 heterocycles. The van der Waals surface area contributed by atoms with Crippen LogP contribution in [0.5, 0.6) is 0 Å². The summed E-state index contributed by atoms with van der Waals surface area (Å²) in [4.78, 5) is 0.331. The molecule has 0 amide bonds. The van der Waals surface area contributed by atoms with E-state index in [0.717, 1.165) is 24.0 Å². The van der Waals surface area contributed by atoms with E-state index in [1.165, 1.54) is 4.31 Å². The molecular formula is C15H19NO3S. The third-order valence-corrected chi connectivity index (χ3v) is 5.96. The van der Waals surface area contributed by atoms with Gasteiger partial charge in [-0.2, -0.15) is 0 Å². The minimum Gasteiger partial charge on any atom is -0.393 e. The normalized spacial score (nSPS) is 26.3. The number of sulfonamides is 1. The average molecular weight is 293 g/mol. The molecule has 20 heavy (non-hydrogen) atoms. The van der Waals surface area contributed by atoms with E-state index >= 15 is 0 Å². The van der Waals surface area contributed by atoms with Crippen LogP contribution >= 0.6 is 0 Å². The number of aryl methyl sites for hydroxylation is 1. The summed E-state index contributed by atoms with van der Waals surface area (Å²) >= 11 is 0. The van der Waals surface area contributed by atoms with Crippen molar-refractivity contribution >= 4 is 10.0 Å². The molecule has 0 saturated heterocycles. The van der Waals surface area contributed by atoms with Gasteiger partial charge in [0.15, 0.2) is 0 Å². The van der Waals surface area contributed by atoms with Gasteiger partial charge in [0.25, 0.3) is 10.0 Å². The molecule has 2 aliphatic rings. The fourth-order valence-corrected chi connectivity index (χ4v) is 4.40. The molecule has 1 aliphatic heterocycles. The Morgan fingerprint density at radius 3 is 2.65 bits per heavy atom. The second kappa shape index (κ2) is 4.90. The predicted molar refractivity (Wildman–Crippen MR) is 76.5 cm³/mol. The van der Waals surface area contributed by atoms with E-state index in [1.807, 2.05) is 19.1 Å². The zero-order valence-corrected chi connectivity index (χ0v) is 12.3. The van der Waals surface area contributed by atoms with Crippen LogP contribution in [-0.4, -0.2) is 30.5 Å². The molecule has 5 heteroatoms. The Labute approximate surface area is 119 Å². The highest BCUT2D eigenvalue weighted by Gasteiger charge is 2.34. The molecule has 3 rings (SSSR count). The number of nitrogens with zero attached hydrogens (tertiary/aromatic N) is 1. The van der Waals surface area contributed by atoms with E-state index in [0.29, 0.717) is 23.8 Å². The summed E-state index contributed by atoms with van der Waals surface area (Å²) in [5.41, 5.74) is 2.11. The van der Waals surface area contributed by atoms with Gasteiger partial charge in [0.1, 0.15) is 0 Å². The number of rotatable bonds is 2. The summed E-state index contributed by atoms with van der Waals surface area (Å²) in [5, 5.41) is 9.69. The fourth-order valence-electron chi connectivity index (χ4n) is 3.03. The van der Waals surface area contributed by atoms with Gasteiger partial charge in [0.2, 0.25) is 0 Å². The van der Waals surface area contributed by atoms with Crippen molar-refractivity contribution in [1.82, 2.24) is 4.31 Å². The van der Waals surface area contributed by atoms with Crippen LogP contribution < -0.4 is 0 Å². The summed E-state index contributed by atoms with van der Waals surface area (Å²) in [6.07, 6.45) is 3.59. The van der Waals surface area contributed by atoms with Crippen LogP contribution in [0.15, 0.2) is 40.9 Å². The summed E-state index contributed by atoms with van der Waals surface area (Å²) in [7, 11) is -3.46. The molecular weight excluding hydrogens is 274 g/mol. The molecule has 0 bridgehead atoms. The van der Waals surface area contributed by atoms with E-state index in [1.54, 1.807) is 18.3 Å². The molecule has 1 aliphatic carbocycles. The van der Waals surface area contributed by atoms with Crippen molar-refractivity contribution in [3.63, 3.8) is 0 Å². The molecule has 1 N–H and O–H groups in total. The summed E-state index contributed by atoms with van der Waals surface area (Å²) in [6, 6.07) is 6.93. The van der Waals surface area contributed by atoms with Gasteiger partial charge in [-0.05, 0) is 49.8 Å². The highest BCUT2D eigenvalue weighted by molar-refractivity contribution is 7.89. The minimum absolute atomic E-state index is 0.312. The lowest BCUT2D eigenvalue weighted by Gasteiger charge is -2.28. The Kier molecular flexibility index (Phi) is 3.34. The number of benzene rings is 1. The lowest BCUT2D eigenvalue weighted by molar-refractivity contribution is 0.177. The third kappa shape index (κ3) is 2.36. The Hall–Kier alpha value is -1.33. The first kappa shape index (κ1) is 13.6. The minimum atomic E-state index is -3.46. The van der Waals surface area contributed by atoms with E-state index in [-0.39, 0.29) is 6.10 Å². The molecule has 2 atom stereocenters. The second-order valence-corrected chi connectivity index (χ2v) is 7.60. The lowest BCUT2D eigenvalue weighted by atomic mass is 9.97. The van der Waals surface area contributed by atoms with Crippen molar-refractivity contribution in [2.45, 2.75) is 37.2 Å². The third-order valence-electron chi connectivity index (χ3n) is 4.19. The summed E-state index contributed by atoms with van der Waals surface area (Å²) in [6.45, 7) is 2.43. The second-order valence-electron chi connectivity index (χ2n) is 5.71. The molecule has 1 fully saturated rings. The highest BCUT2D eigenvalue weighted by atomic mass is 32.2. The predicted octanol–water partition coefficient (Wildman–Crippen LogP) is 2.04. The highest BCUT2D eigenvalue weighted by Crippen LogP contribution is 2.38. The van der Waals surface area contributed by atoms with Crippen LogP contribution in [0.4, 0.5) is 0 Å². The first-order chi connectivity index (χ1) is 9.46. The van der Waals surface area contributed by atoms with Crippen molar-refractivity contribution in [3.8, 4) is 0 Å². The maximum atomic E-state index is 12.6. The molecule has 0 aromatic heterocycles. The van der Waals surface area contributed by atoms with Crippen molar-refractivity contribution < 1.29 is 13.5 Å².